The lowest BCUT2D eigenvalue weighted by Gasteiger charge is -1.81. The first-order valence-electron chi connectivity index (χ1n) is 1.87. The highest BCUT2D eigenvalue weighted by molar-refractivity contribution is 5.18. The number of allylic oxidation sites excluding steroid dienone is 1. The summed E-state index contributed by atoms with van der Waals surface area (Å²) in [6.07, 6.45) is 1.62. The third-order valence-electron chi connectivity index (χ3n) is 0.629. The van der Waals surface area contributed by atoms with Gasteiger partial charge < -0.3 is 0 Å². The molecule has 0 saturated carbocycles. The van der Waals surface area contributed by atoms with E-state index in [4.69, 9.17) is 5.26 Å². The zero-order chi connectivity index (χ0) is 5.11. The minimum Gasteiger partial charge on any atom is -0.247 e. The molecule has 0 atom stereocenters. The van der Waals surface area contributed by atoms with Crippen LogP contribution in [0, 0.1) is 11.3 Å². The van der Waals surface area contributed by atoms with Crippen molar-refractivity contribution >= 4 is 0 Å². The van der Waals surface area contributed by atoms with E-state index >= 15 is 0 Å². The second-order valence-corrected chi connectivity index (χ2v) is 1.09. The summed E-state index contributed by atoms with van der Waals surface area (Å²) in [6, 6.07) is 1.83. The van der Waals surface area contributed by atoms with Crippen LogP contribution in [-0.4, -0.2) is 6.61 Å². The number of nitrogens with zero attached hydrogens (tertiary/aromatic N) is 2. The lowest BCUT2D eigenvalue weighted by molar-refractivity contribution is 0.103. The topological polar surface area (TPSA) is 47.1 Å². The minimum absolute atomic E-state index is 0.375. The van der Waals surface area contributed by atoms with Gasteiger partial charge in [-0.2, -0.15) is 5.26 Å². The minimum atomic E-state index is 0.375. The zero-order valence-corrected chi connectivity index (χ0v) is 3.59. The molecule has 0 aromatic heterocycles. The average Bonchev–Trinajstić information content (AvgIpc) is 2.14. The molecule has 1 aliphatic heterocycles. The second-order valence-electron chi connectivity index (χ2n) is 1.09. The SMILES string of the molecule is N#CC1=CCO[N]1. The highest BCUT2D eigenvalue weighted by atomic mass is 16.6. The van der Waals surface area contributed by atoms with E-state index in [9.17, 15) is 0 Å². The van der Waals surface area contributed by atoms with Crippen molar-refractivity contribution in [1.29, 1.82) is 5.26 Å². The molecule has 1 rings (SSSR count). The molecule has 0 unspecified atom stereocenters. The van der Waals surface area contributed by atoms with E-state index in [0.29, 0.717) is 12.3 Å². The Hall–Kier alpha value is -1.01. The molecule has 0 fully saturated rings. The Morgan fingerprint density at radius 1 is 2.00 bits per heavy atom. The van der Waals surface area contributed by atoms with Gasteiger partial charge in [-0.1, -0.05) is 0 Å². The van der Waals surface area contributed by atoms with Gasteiger partial charge in [-0.15, -0.1) is 5.48 Å². The van der Waals surface area contributed by atoms with Gasteiger partial charge in [-0.05, 0) is 6.08 Å². The van der Waals surface area contributed by atoms with E-state index in [1.807, 2.05) is 6.07 Å². The summed E-state index contributed by atoms with van der Waals surface area (Å²) in [5.41, 5.74) is 3.73. The van der Waals surface area contributed by atoms with E-state index in [2.05, 4.69) is 10.3 Å². The summed E-state index contributed by atoms with van der Waals surface area (Å²) in [6.45, 7) is 0.447. The highest BCUT2D eigenvalue weighted by Crippen LogP contribution is 1.95. The first-order chi connectivity index (χ1) is 3.43. The summed E-state index contributed by atoms with van der Waals surface area (Å²) in [5.74, 6) is 0. The van der Waals surface area contributed by atoms with Crippen LogP contribution in [-0.2, 0) is 4.84 Å². The molecular formula is C4H3N2O. The van der Waals surface area contributed by atoms with E-state index in [0.717, 1.165) is 0 Å². The lowest BCUT2D eigenvalue weighted by Crippen LogP contribution is -1.92. The van der Waals surface area contributed by atoms with Crippen LogP contribution in [0.25, 0.3) is 0 Å². The summed E-state index contributed by atoms with van der Waals surface area (Å²) in [5, 5.41) is 8.07. The number of hydroxylamine groups is 1. The lowest BCUT2D eigenvalue weighted by atomic mass is 10.5. The van der Waals surface area contributed by atoms with Gasteiger partial charge in [0.1, 0.15) is 6.07 Å². The first-order valence-corrected chi connectivity index (χ1v) is 1.87. The number of rotatable bonds is 0. The maximum Gasteiger partial charge on any atom is 0.166 e. The van der Waals surface area contributed by atoms with Crippen molar-refractivity contribution in [2.24, 2.45) is 0 Å². The molecule has 7 heavy (non-hydrogen) atoms. The number of nitriles is 1. The molecule has 0 amide bonds. The molecule has 0 bridgehead atoms. The Morgan fingerprint density at radius 3 is 3.14 bits per heavy atom. The first kappa shape index (κ1) is 4.16. The van der Waals surface area contributed by atoms with Crippen molar-refractivity contribution in [2.75, 3.05) is 6.61 Å². The van der Waals surface area contributed by atoms with Gasteiger partial charge in [-0.25, -0.2) is 4.84 Å². The fourth-order valence-corrected chi connectivity index (χ4v) is 0.326. The van der Waals surface area contributed by atoms with Crippen molar-refractivity contribution in [3.8, 4) is 6.07 Å². The van der Waals surface area contributed by atoms with Crippen molar-refractivity contribution in [1.82, 2.24) is 5.48 Å². The quantitative estimate of drug-likeness (QED) is 0.423. The van der Waals surface area contributed by atoms with Crippen LogP contribution in [0.1, 0.15) is 0 Å². The van der Waals surface area contributed by atoms with Crippen LogP contribution in [0.2, 0.25) is 0 Å². The van der Waals surface area contributed by atoms with Gasteiger partial charge in [0.05, 0.1) is 6.61 Å². The Kier molecular flexibility index (Phi) is 0.966. The summed E-state index contributed by atoms with van der Waals surface area (Å²) in [4.78, 5) is 4.46. The molecule has 35 valence electrons. The molecule has 0 spiro atoms. The Bertz CT molecular complexity index is 133. The third-order valence-corrected chi connectivity index (χ3v) is 0.629. The van der Waals surface area contributed by atoms with Gasteiger partial charge in [0.25, 0.3) is 0 Å². The van der Waals surface area contributed by atoms with Gasteiger partial charge in [0.15, 0.2) is 5.70 Å². The Labute approximate surface area is 41.1 Å². The van der Waals surface area contributed by atoms with E-state index in [-0.39, 0.29) is 0 Å². The maximum absolute atomic E-state index is 8.07. The second kappa shape index (κ2) is 1.63. The van der Waals surface area contributed by atoms with Crippen LogP contribution >= 0.6 is 0 Å². The molecule has 3 nitrogen and oxygen atoms in total. The summed E-state index contributed by atoms with van der Waals surface area (Å²) >= 11 is 0. The molecular weight excluding hydrogens is 92.1 g/mol. The molecule has 1 heterocycles. The van der Waals surface area contributed by atoms with E-state index < -0.39 is 0 Å². The largest absolute Gasteiger partial charge is 0.247 e. The molecule has 0 N–H and O–H groups in total. The van der Waals surface area contributed by atoms with Crippen molar-refractivity contribution in [3.05, 3.63) is 11.8 Å². The van der Waals surface area contributed by atoms with Gasteiger partial charge in [0, 0.05) is 0 Å². The van der Waals surface area contributed by atoms with E-state index in [1.54, 1.807) is 6.08 Å². The normalized spacial score (nSPS) is 17.3. The molecule has 3 heteroatoms. The van der Waals surface area contributed by atoms with Gasteiger partial charge >= 0.3 is 0 Å². The summed E-state index contributed by atoms with van der Waals surface area (Å²) in [7, 11) is 0. The van der Waals surface area contributed by atoms with Gasteiger partial charge in [0.2, 0.25) is 0 Å². The summed E-state index contributed by atoms with van der Waals surface area (Å²) < 4.78 is 0. The fourth-order valence-electron chi connectivity index (χ4n) is 0.326. The number of hydrogen-bond donors (Lipinski definition) is 0. The van der Waals surface area contributed by atoms with Crippen LogP contribution in [0.4, 0.5) is 0 Å². The highest BCUT2D eigenvalue weighted by Gasteiger charge is 2.01. The van der Waals surface area contributed by atoms with Gasteiger partial charge in [-0.3, -0.25) is 0 Å². The number of hydrogen-bond acceptors (Lipinski definition) is 2. The maximum atomic E-state index is 8.07. The van der Waals surface area contributed by atoms with Crippen molar-refractivity contribution < 1.29 is 4.84 Å². The molecule has 0 saturated heterocycles. The molecule has 0 aromatic carbocycles. The molecule has 0 aromatic rings. The van der Waals surface area contributed by atoms with Crippen LogP contribution in [0.15, 0.2) is 11.8 Å². The monoisotopic (exact) mass is 95.0 g/mol. The molecule has 0 aliphatic carbocycles. The zero-order valence-electron chi connectivity index (χ0n) is 3.59. The fraction of sp³-hybridized carbons (Fsp3) is 0.250. The van der Waals surface area contributed by atoms with Crippen LogP contribution in [0.5, 0.6) is 0 Å². The Morgan fingerprint density at radius 2 is 2.86 bits per heavy atom. The molecule has 1 aliphatic rings. The average molecular weight is 95.1 g/mol. The van der Waals surface area contributed by atoms with Crippen molar-refractivity contribution in [3.63, 3.8) is 0 Å². The van der Waals surface area contributed by atoms with Crippen LogP contribution < -0.4 is 5.48 Å². The predicted octanol–water partition coefficient (Wildman–Crippen LogP) is -0.0565. The van der Waals surface area contributed by atoms with Crippen LogP contribution in [0.3, 0.4) is 0 Å². The molecule has 1 radical (unpaired) electrons. The van der Waals surface area contributed by atoms with Crippen molar-refractivity contribution in [2.45, 2.75) is 0 Å². The third kappa shape index (κ3) is 0.699. The predicted molar refractivity (Wildman–Crippen MR) is 21.8 cm³/mol. The smallest absolute Gasteiger partial charge is 0.166 e. The Balaban J connectivity index is 2.57. The standard InChI is InChI=1S/C4H3N2O/c5-3-4-1-2-7-6-4/h1H,2H2. The van der Waals surface area contributed by atoms with E-state index in [1.165, 1.54) is 0 Å².